The first-order chi connectivity index (χ1) is 5.43. The molecule has 0 heterocycles. The molecule has 0 bridgehead atoms. The predicted molar refractivity (Wildman–Crippen MR) is 49.4 cm³/mol. The van der Waals surface area contributed by atoms with Crippen molar-refractivity contribution in [2.45, 2.75) is 32.0 Å². The van der Waals surface area contributed by atoms with Crippen LogP contribution in [0.15, 0.2) is 12.7 Å². The smallest absolute Gasteiger partial charge is 0.0782 e. The van der Waals surface area contributed by atoms with Crippen molar-refractivity contribution in [2.75, 3.05) is 0 Å². The van der Waals surface area contributed by atoms with Crippen LogP contribution in [0.1, 0.15) is 20.3 Å². The Balaban J connectivity index is 4.45. The van der Waals surface area contributed by atoms with Crippen LogP contribution in [0.4, 0.5) is 0 Å². The minimum atomic E-state index is -0.972. The zero-order valence-corrected chi connectivity index (χ0v) is 7.62. The summed E-state index contributed by atoms with van der Waals surface area (Å²) in [5.74, 6) is 2.07. The van der Waals surface area contributed by atoms with E-state index in [1.165, 1.54) is 6.08 Å². The number of aliphatic hydroxyl groups excluding tert-OH is 1. The Morgan fingerprint density at radius 3 is 2.42 bits per heavy atom. The summed E-state index contributed by atoms with van der Waals surface area (Å²) < 4.78 is 0. The molecular weight excluding hydrogens is 152 g/mol. The van der Waals surface area contributed by atoms with Crippen molar-refractivity contribution in [1.29, 1.82) is 0 Å². The van der Waals surface area contributed by atoms with Crippen molar-refractivity contribution in [3.05, 3.63) is 12.7 Å². The third-order valence-electron chi connectivity index (χ3n) is 1.90. The average Bonchev–Trinajstić information content (AvgIpc) is 1.96. The van der Waals surface area contributed by atoms with Crippen molar-refractivity contribution in [3.8, 4) is 12.3 Å². The van der Waals surface area contributed by atoms with E-state index in [0.29, 0.717) is 6.42 Å². The van der Waals surface area contributed by atoms with Gasteiger partial charge in [0, 0.05) is 12.3 Å². The fraction of sp³-hybridized carbons (Fsp3) is 0.600. The quantitative estimate of drug-likeness (QED) is 0.484. The zero-order chi connectivity index (χ0) is 9.78. The van der Waals surface area contributed by atoms with Crippen LogP contribution in [0, 0.1) is 18.3 Å². The lowest BCUT2D eigenvalue weighted by Crippen LogP contribution is -2.38. The molecule has 2 heteroatoms. The van der Waals surface area contributed by atoms with E-state index in [0.717, 1.165) is 0 Å². The fourth-order valence-electron chi connectivity index (χ4n) is 1.08. The van der Waals surface area contributed by atoms with E-state index in [-0.39, 0.29) is 5.92 Å². The number of terminal acetylenes is 1. The molecule has 0 aromatic rings. The van der Waals surface area contributed by atoms with Crippen LogP contribution in [-0.2, 0) is 0 Å². The molecule has 0 aromatic carbocycles. The van der Waals surface area contributed by atoms with Gasteiger partial charge in [0.15, 0.2) is 0 Å². The van der Waals surface area contributed by atoms with Crippen molar-refractivity contribution in [2.24, 2.45) is 5.92 Å². The third kappa shape index (κ3) is 3.08. The van der Waals surface area contributed by atoms with Gasteiger partial charge in [0.1, 0.15) is 0 Å². The highest BCUT2D eigenvalue weighted by molar-refractivity contribution is 4.99. The van der Waals surface area contributed by atoms with Crippen LogP contribution in [0.2, 0.25) is 0 Å². The monoisotopic (exact) mass is 168 g/mol. The summed E-state index contributed by atoms with van der Waals surface area (Å²) in [5, 5.41) is 19.0. The lowest BCUT2D eigenvalue weighted by atomic mass is 9.84. The molecule has 0 rings (SSSR count). The molecule has 68 valence electrons. The van der Waals surface area contributed by atoms with Crippen LogP contribution < -0.4 is 0 Å². The molecular formula is C10H16O2. The third-order valence-corrected chi connectivity index (χ3v) is 1.90. The minimum absolute atomic E-state index is 0.344. The Morgan fingerprint density at radius 1 is 1.67 bits per heavy atom. The van der Waals surface area contributed by atoms with Crippen LogP contribution in [0.5, 0.6) is 0 Å². The molecule has 0 saturated heterocycles. The Labute approximate surface area is 73.9 Å². The van der Waals surface area contributed by atoms with Gasteiger partial charge < -0.3 is 10.2 Å². The van der Waals surface area contributed by atoms with Gasteiger partial charge in [0.2, 0.25) is 0 Å². The highest BCUT2D eigenvalue weighted by Crippen LogP contribution is 2.23. The second-order valence-electron chi connectivity index (χ2n) is 3.39. The van der Waals surface area contributed by atoms with Crippen molar-refractivity contribution >= 4 is 0 Å². The van der Waals surface area contributed by atoms with E-state index in [2.05, 4.69) is 12.5 Å². The van der Waals surface area contributed by atoms with Gasteiger partial charge in [0.25, 0.3) is 0 Å². The largest absolute Gasteiger partial charge is 0.390 e. The Bertz CT molecular complexity index is 183. The molecule has 0 aliphatic heterocycles. The molecule has 2 nitrogen and oxygen atoms in total. The van der Waals surface area contributed by atoms with E-state index in [9.17, 15) is 10.2 Å². The standard InChI is InChI=1S/C10H16O2/c1-5-7-8(9(11)6-2)10(3,4)12/h1,6,8-9,11-12H,2,7H2,3-4H3/t8-,9-/m0/s1. The van der Waals surface area contributed by atoms with E-state index >= 15 is 0 Å². The number of rotatable bonds is 4. The van der Waals surface area contributed by atoms with Gasteiger partial charge in [-0.1, -0.05) is 6.08 Å². The van der Waals surface area contributed by atoms with Crippen LogP contribution in [0.3, 0.4) is 0 Å². The second kappa shape index (κ2) is 4.30. The minimum Gasteiger partial charge on any atom is -0.390 e. The Hall–Kier alpha value is -0.780. The summed E-state index contributed by atoms with van der Waals surface area (Å²) in [6.07, 6.45) is 6.10. The highest BCUT2D eigenvalue weighted by Gasteiger charge is 2.30. The van der Waals surface area contributed by atoms with E-state index < -0.39 is 11.7 Å². The van der Waals surface area contributed by atoms with Crippen molar-refractivity contribution < 1.29 is 10.2 Å². The first-order valence-electron chi connectivity index (χ1n) is 3.90. The normalized spacial score (nSPS) is 16.2. The second-order valence-corrected chi connectivity index (χ2v) is 3.39. The Kier molecular flexibility index (Phi) is 4.02. The van der Waals surface area contributed by atoms with Gasteiger partial charge in [-0.05, 0) is 13.8 Å². The first kappa shape index (κ1) is 11.2. The van der Waals surface area contributed by atoms with E-state index in [1.54, 1.807) is 13.8 Å². The predicted octanol–water partition coefficient (Wildman–Crippen LogP) is 0.944. The number of hydrogen-bond acceptors (Lipinski definition) is 2. The van der Waals surface area contributed by atoms with Crippen LogP contribution in [-0.4, -0.2) is 21.9 Å². The SMILES string of the molecule is C#CC[C@@H]([C@@H](O)C=C)C(C)(C)O. The molecule has 0 fully saturated rings. The van der Waals surface area contributed by atoms with Crippen molar-refractivity contribution in [1.82, 2.24) is 0 Å². The van der Waals surface area contributed by atoms with Gasteiger partial charge in [0.05, 0.1) is 11.7 Å². The lowest BCUT2D eigenvalue weighted by molar-refractivity contribution is -0.0282. The molecule has 0 unspecified atom stereocenters. The van der Waals surface area contributed by atoms with Crippen LogP contribution >= 0.6 is 0 Å². The van der Waals surface area contributed by atoms with Gasteiger partial charge in [-0.15, -0.1) is 18.9 Å². The van der Waals surface area contributed by atoms with Crippen molar-refractivity contribution in [3.63, 3.8) is 0 Å². The Morgan fingerprint density at radius 2 is 2.17 bits per heavy atom. The maximum atomic E-state index is 9.61. The van der Waals surface area contributed by atoms with Gasteiger partial charge in [-0.2, -0.15) is 0 Å². The summed E-state index contributed by atoms with van der Waals surface area (Å²) in [6.45, 7) is 6.70. The fourth-order valence-corrected chi connectivity index (χ4v) is 1.08. The molecule has 0 saturated carbocycles. The topological polar surface area (TPSA) is 40.5 Å². The average molecular weight is 168 g/mol. The maximum absolute atomic E-state index is 9.61. The summed E-state index contributed by atoms with van der Waals surface area (Å²) in [6, 6.07) is 0. The lowest BCUT2D eigenvalue weighted by Gasteiger charge is -2.30. The summed E-state index contributed by atoms with van der Waals surface area (Å²) in [4.78, 5) is 0. The zero-order valence-electron chi connectivity index (χ0n) is 7.62. The van der Waals surface area contributed by atoms with Gasteiger partial charge in [-0.25, -0.2) is 0 Å². The summed E-state index contributed by atoms with van der Waals surface area (Å²) in [5.41, 5.74) is -0.972. The number of aliphatic hydroxyl groups is 2. The molecule has 0 aromatic heterocycles. The summed E-state index contributed by atoms with van der Waals surface area (Å²) >= 11 is 0. The maximum Gasteiger partial charge on any atom is 0.0782 e. The molecule has 0 radical (unpaired) electrons. The highest BCUT2D eigenvalue weighted by atomic mass is 16.3. The number of hydrogen-bond donors (Lipinski definition) is 2. The molecule has 0 amide bonds. The van der Waals surface area contributed by atoms with Gasteiger partial charge >= 0.3 is 0 Å². The molecule has 0 aliphatic rings. The molecule has 0 aliphatic carbocycles. The summed E-state index contributed by atoms with van der Waals surface area (Å²) in [7, 11) is 0. The molecule has 0 spiro atoms. The van der Waals surface area contributed by atoms with E-state index in [1.807, 2.05) is 0 Å². The first-order valence-corrected chi connectivity index (χ1v) is 3.90. The molecule has 2 N–H and O–H groups in total. The molecule has 12 heavy (non-hydrogen) atoms. The van der Waals surface area contributed by atoms with E-state index in [4.69, 9.17) is 6.42 Å². The molecule has 2 atom stereocenters. The van der Waals surface area contributed by atoms with Gasteiger partial charge in [-0.3, -0.25) is 0 Å². The van der Waals surface area contributed by atoms with Crippen LogP contribution in [0.25, 0.3) is 0 Å².